The molecule has 1 aliphatic rings. The topological polar surface area (TPSA) is 72.9 Å². The monoisotopic (exact) mass is 372 g/mol. The Morgan fingerprint density at radius 2 is 2.12 bits per heavy atom. The van der Waals surface area contributed by atoms with Gasteiger partial charge in [0, 0.05) is 43.0 Å². The average molecular weight is 373 g/mol. The minimum Gasteiger partial charge on any atom is -0.361 e. The number of aryl methyl sites for hydroxylation is 2. The van der Waals surface area contributed by atoms with E-state index in [2.05, 4.69) is 25.1 Å². The van der Waals surface area contributed by atoms with E-state index in [1.807, 2.05) is 32.3 Å². The van der Waals surface area contributed by atoms with Gasteiger partial charge in [0.05, 0.1) is 0 Å². The van der Waals surface area contributed by atoms with Crippen LogP contribution in [0.5, 0.6) is 0 Å². The summed E-state index contributed by atoms with van der Waals surface area (Å²) in [5, 5.41) is 9.30. The SMILES string of the molecule is Cc1cc(-c2nn(C)c(Cl)c2CN2CCC(c3ccncn3)CC2)no1. The van der Waals surface area contributed by atoms with Gasteiger partial charge in [-0.3, -0.25) is 9.58 Å². The molecular weight excluding hydrogens is 352 g/mol. The van der Waals surface area contributed by atoms with Crippen molar-refractivity contribution in [3.05, 3.63) is 46.8 Å². The van der Waals surface area contributed by atoms with Crippen LogP contribution in [0.4, 0.5) is 0 Å². The Hall–Kier alpha value is -2.25. The van der Waals surface area contributed by atoms with E-state index < -0.39 is 0 Å². The molecule has 0 bridgehead atoms. The van der Waals surface area contributed by atoms with Gasteiger partial charge in [0.25, 0.3) is 0 Å². The summed E-state index contributed by atoms with van der Waals surface area (Å²) in [6, 6.07) is 3.91. The second kappa shape index (κ2) is 7.17. The van der Waals surface area contributed by atoms with Crippen LogP contribution in [-0.2, 0) is 13.6 Å². The molecule has 3 aromatic heterocycles. The highest BCUT2D eigenvalue weighted by Gasteiger charge is 2.25. The van der Waals surface area contributed by atoms with Gasteiger partial charge in [0.1, 0.15) is 28.6 Å². The maximum atomic E-state index is 6.51. The van der Waals surface area contributed by atoms with Crippen molar-refractivity contribution in [2.24, 2.45) is 7.05 Å². The first-order valence-electron chi connectivity index (χ1n) is 8.75. The van der Waals surface area contributed by atoms with Crippen LogP contribution < -0.4 is 0 Å². The highest BCUT2D eigenvalue weighted by Crippen LogP contribution is 2.32. The number of hydrogen-bond acceptors (Lipinski definition) is 6. The summed E-state index contributed by atoms with van der Waals surface area (Å²) in [5.74, 6) is 1.26. The van der Waals surface area contributed by atoms with Crippen LogP contribution in [-0.4, -0.2) is 42.9 Å². The number of hydrogen-bond donors (Lipinski definition) is 0. The molecule has 0 N–H and O–H groups in total. The van der Waals surface area contributed by atoms with E-state index in [1.165, 1.54) is 0 Å². The van der Waals surface area contributed by atoms with E-state index >= 15 is 0 Å². The molecular formula is C18H21ClN6O. The lowest BCUT2D eigenvalue weighted by molar-refractivity contribution is 0.203. The summed E-state index contributed by atoms with van der Waals surface area (Å²) in [7, 11) is 1.85. The second-order valence-corrected chi connectivity index (χ2v) is 7.11. The van der Waals surface area contributed by atoms with Crippen LogP contribution in [0.2, 0.25) is 5.15 Å². The van der Waals surface area contributed by atoms with Crippen molar-refractivity contribution in [2.45, 2.75) is 32.2 Å². The van der Waals surface area contributed by atoms with Gasteiger partial charge in [-0.25, -0.2) is 9.97 Å². The minimum absolute atomic E-state index is 0.497. The average Bonchev–Trinajstić information content (AvgIpc) is 3.21. The third-order valence-electron chi connectivity index (χ3n) is 4.93. The highest BCUT2D eigenvalue weighted by atomic mass is 35.5. The third-order valence-corrected chi connectivity index (χ3v) is 5.40. The van der Waals surface area contributed by atoms with Crippen molar-refractivity contribution in [1.29, 1.82) is 0 Å². The Bertz CT molecular complexity index is 882. The molecule has 0 aromatic carbocycles. The van der Waals surface area contributed by atoms with Gasteiger partial charge in [-0.05, 0) is 38.9 Å². The molecule has 0 saturated carbocycles. The zero-order valence-electron chi connectivity index (χ0n) is 14.9. The maximum absolute atomic E-state index is 6.51. The molecule has 26 heavy (non-hydrogen) atoms. The molecule has 7 nitrogen and oxygen atoms in total. The van der Waals surface area contributed by atoms with Gasteiger partial charge in [0.2, 0.25) is 0 Å². The summed E-state index contributed by atoms with van der Waals surface area (Å²) in [6.45, 7) is 4.62. The lowest BCUT2D eigenvalue weighted by Gasteiger charge is -2.31. The van der Waals surface area contributed by atoms with Crippen molar-refractivity contribution in [2.75, 3.05) is 13.1 Å². The summed E-state index contributed by atoms with van der Waals surface area (Å²) in [6.07, 6.45) is 5.60. The summed E-state index contributed by atoms with van der Waals surface area (Å²) >= 11 is 6.51. The Balaban J connectivity index is 1.49. The van der Waals surface area contributed by atoms with Gasteiger partial charge in [-0.2, -0.15) is 5.10 Å². The number of likely N-dealkylation sites (tertiary alicyclic amines) is 1. The van der Waals surface area contributed by atoms with Crippen molar-refractivity contribution in [3.8, 4) is 11.4 Å². The molecule has 0 spiro atoms. The smallest absolute Gasteiger partial charge is 0.134 e. The molecule has 8 heteroatoms. The van der Waals surface area contributed by atoms with E-state index in [1.54, 1.807) is 11.0 Å². The van der Waals surface area contributed by atoms with Crippen LogP contribution in [0.25, 0.3) is 11.4 Å². The fourth-order valence-electron chi connectivity index (χ4n) is 3.52. The molecule has 1 fully saturated rings. The van der Waals surface area contributed by atoms with Crippen molar-refractivity contribution in [3.63, 3.8) is 0 Å². The van der Waals surface area contributed by atoms with Crippen LogP contribution in [0.1, 0.15) is 35.8 Å². The molecule has 0 radical (unpaired) electrons. The Morgan fingerprint density at radius 1 is 1.31 bits per heavy atom. The van der Waals surface area contributed by atoms with Crippen LogP contribution >= 0.6 is 11.6 Å². The van der Waals surface area contributed by atoms with Crippen molar-refractivity contribution in [1.82, 2.24) is 29.8 Å². The number of piperidine rings is 1. The second-order valence-electron chi connectivity index (χ2n) is 6.75. The molecule has 1 aliphatic heterocycles. The van der Waals surface area contributed by atoms with Gasteiger partial charge >= 0.3 is 0 Å². The van der Waals surface area contributed by atoms with Crippen LogP contribution in [0.3, 0.4) is 0 Å². The largest absolute Gasteiger partial charge is 0.361 e. The summed E-state index contributed by atoms with van der Waals surface area (Å²) < 4.78 is 6.91. The van der Waals surface area contributed by atoms with E-state index in [0.29, 0.717) is 11.1 Å². The Morgan fingerprint density at radius 3 is 2.77 bits per heavy atom. The minimum atomic E-state index is 0.497. The molecule has 0 aliphatic carbocycles. The molecule has 0 unspecified atom stereocenters. The summed E-state index contributed by atoms with van der Waals surface area (Å²) in [5.41, 5.74) is 3.67. The summed E-state index contributed by atoms with van der Waals surface area (Å²) in [4.78, 5) is 10.8. The normalized spacial score (nSPS) is 16.3. The van der Waals surface area contributed by atoms with Crippen LogP contribution in [0, 0.1) is 6.92 Å². The van der Waals surface area contributed by atoms with Gasteiger partial charge in [0.15, 0.2) is 0 Å². The first-order chi connectivity index (χ1) is 12.6. The molecule has 4 heterocycles. The molecule has 0 amide bonds. The Kier molecular flexibility index (Phi) is 4.74. The molecule has 4 rings (SSSR count). The highest BCUT2D eigenvalue weighted by molar-refractivity contribution is 6.30. The maximum Gasteiger partial charge on any atom is 0.134 e. The molecule has 0 atom stereocenters. The quantitative estimate of drug-likeness (QED) is 0.700. The van der Waals surface area contributed by atoms with E-state index in [0.717, 1.165) is 60.9 Å². The molecule has 1 saturated heterocycles. The zero-order valence-corrected chi connectivity index (χ0v) is 15.6. The van der Waals surface area contributed by atoms with Crippen LogP contribution in [0.15, 0.2) is 29.2 Å². The lowest BCUT2D eigenvalue weighted by Crippen LogP contribution is -2.32. The first kappa shape index (κ1) is 17.2. The molecule has 136 valence electrons. The lowest BCUT2D eigenvalue weighted by atomic mass is 9.93. The van der Waals surface area contributed by atoms with Gasteiger partial charge in [-0.15, -0.1) is 0 Å². The first-order valence-corrected chi connectivity index (χ1v) is 9.13. The standard InChI is InChI=1S/C18H21ClN6O/c1-12-9-16(23-26-12)17-14(18(19)24(2)22-17)10-25-7-4-13(5-8-25)15-3-6-20-11-21-15/h3,6,9,11,13H,4-5,7-8,10H2,1-2H3. The van der Waals surface area contributed by atoms with Gasteiger partial charge in [-0.1, -0.05) is 16.8 Å². The molecule has 3 aromatic rings. The van der Waals surface area contributed by atoms with E-state index in [-0.39, 0.29) is 0 Å². The zero-order chi connectivity index (χ0) is 18.1. The van der Waals surface area contributed by atoms with Crippen molar-refractivity contribution < 1.29 is 4.52 Å². The number of rotatable bonds is 4. The predicted octanol–water partition coefficient (Wildman–Crippen LogP) is 3.21. The fourth-order valence-corrected chi connectivity index (χ4v) is 3.71. The number of aromatic nitrogens is 5. The van der Waals surface area contributed by atoms with E-state index in [4.69, 9.17) is 16.1 Å². The van der Waals surface area contributed by atoms with E-state index in [9.17, 15) is 0 Å². The number of nitrogens with zero attached hydrogens (tertiary/aromatic N) is 6. The fraction of sp³-hybridized carbons (Fsp3) is 0.444. The number of halogens is 1. The third kappa shape index (κ3) is 3.37. The predicted molar refractivity (Wildman–Crippen MR) is 97.7 cm³/mol. The van der Waals surface area contributed by atoms with Crippen molar-refractivity contribution >= 4 is 11.6 Å². The van der Waals surface area contributed by atoms with Gasteiger partial charge < -0.3 is 4.52 Å². The Labute approximate surface area is 157 Å².